The van der Waals surface area contributed by atoms with Crippen LogP contribution in [-0.4, -0.2) is 34.6 Å². The minimum absolute atomic E-state index is 0.0927. The van der Waals surface area contributed by atoms with Gasteiger partial charge >= 0.3 is 0 Å². The molecule has 0 saturated heterocycles. The van der Waals surface area contributed by atoms with Crippen LogP contribution in [0.5, 0.6) is 5.19 Å². The van der Waals surface area contributed by atoms with Crippen LogP contribution in [0.15, 0.2) is 0 Å². The monoisotopic (exact) mass is 232 g/mol. The molecule has 0 unspecified atom stereocenters. The third kappa shape index (κ3) is 4.11. The fraction of sp³-hybridized carbons (Fsp3) is 0.778. The molecule has 1 aromatic heterocycles. The van der Waals surface area contributed by atoms with Gasteiger partial charge in [-0.15, -0.1) is 5.10 Å². The second-order valence-corrected chi connectivity index (χ2v) is 4.71. The van der Waals surface area contributed by atoms with E-state index in [0.29, 0.717) is 16.8 Å². The van der Waals surface area contributed by atoms with E-state index in [1.165, 1.54) is 11.3 Å². The summed E-state index contributed by atoms with van der Waals surface area (Å²) in [4.78, 5) is 0. The van der Waals surface area contributed by atoms with Gasteiger partial charge in [0.25, 0.3) is 5.19 Å². The highest BCUT2D eigenvalue weighted by atomic mass is 32.1. The van der Waals surface area contributed by atoms with Crippen LogP contribution in [-0.2, 0) is 11.3 Å². The Labute approximate surface area is 93.1 Å². The first-order valence-corrected chi connectivity index (χ1v) is 5.50. The van der Waals surface area contributed by atoms with Crippen LogP contribution >= 0.6 is 11.3 Å². The summed E-state index contributed by atoms with van der Waals surface area (Å²) in [6, 6.07) is 0. The standard InChI is InChI=1S/C9H16N2O3S/c1-9(2,13-3)4-5-14-8-11-10-7(6-12)15-8/h12H,4-6H2,1-3H3. The summed E-state index contributed by atoms with van der Waals surface area (Å²) in [5.41, 5.74) is -0.190. The maximum absolute atomic E-state index is 8.78. The molecule has 0 saturated carbocycles. The Morgan fingerprint density at radius 3 is 2.67 bits per heavy atom. The quantitative estimate of drug-likeness (QED) is 0.799. The Balaban J connectivity index is 2.31. The molecule has 1 N–H and O–H groups in total. The molecule has 0 aliphatic rings. The van der Waals surface area contributed by atoms with Crippen LogP contribution in [0.4, 0.5) is 0 Å². The molecule has 1 rings (SSSR count). The zero-order valence-corrected chi connectivity index (χ0v) is 10.0. The lowest BCUT2D eigenvalue weighted by molar-refractivity contribution is 0.00538. The predicted molar refractivity (Wildman–Crippen MR) is 57.0 cm³/mol. The van der Waals surface area contributed by atoms with Crippen molar-refractivity contribution in [3.63, 3.8) is 0 Å². The highest BCUT2D eigenvalue weighted by Crippen LogP contribution is 2.19. The van der Waals surface area contributed by atoms with Crippen LogP contribution in [0, 0.1) is 0 Å². The number of ether oxygens (including phenoxy) is 2. The molecule has 0 spiro atoms. The Bertz CT molecular complexity index is 301. The first-order chi connectivity index (χ1) is 7.07. The normalized spacial score (nSPS) is 11.7. The average Bonchev–Trinajstić information content (AvgIpc) is 2.66. The summed E-state index contributed by atoms with van der Waals surface area (Å²) in [6.07, 6.45) is 0.775. The molecule has 0 radical (unpaired) electrons. The van der Waals surface area contributed by atoms with Crippen LogP contribution < -0.4 is 4.74 Å². The second-order valence-electron chi connectivity index (χ2n) is 3.68. The number of hydrogen-bond donors (Lipinski definition) is 1. The zero-order chi connectivity index (χ0) is 11.3. The van der Waals surface area contributed by atoms with Gasteiger partial charge in [-0.1, -0.05) is 16.4 Å². The molecule has 0 fully saturated rings. The van der Waals surface area contributed by atoms with Crippen molar-refractivity contribution < 1.29 is 14.6 Å². The van der Waals surface area contributed by atoms with Crippen molar-refractivity contribution >= 4 is 11.3 Å². The molecular weight excluding hydrogens is 216 g/mol. The largest absolute Gasteiger partial charge is 0.469 e. The van der Waals surface area contributed by atoms with Gasteiger partial charge in [0, 0.05) is 13.5 Å². The van der Waals surface area contributed by atoms with Gasteiger partial charge in [-0.3, -0.25) is 0 Å². The predicted octanol–water partition coefficient (Wildman–Crippen LogP) is 1.22. The third-order valence-electron chi connectivity index (χ3n) is 2.07. The number of aliphatic hydroxyl groups excluding tert-OH is 1. The summed E-state index contributed by atoms with van der Waals surface area (Å²) in [5.74, 6) is 0. The van der Waals surface area contributed by atoms with Crippen molar-refractivity contribution in [3.8, 4) is 5.19 Å². The topological polar surface area (TPSA) is 64.5 Å². The average molecular weight is 232 g/mol. The summed E-state index contributed by atoms with van der Waals surface area (Å²) in [7, 11) is 1.68. The van der Waals surface area contributed by atoms with E-state index in [-0.39, 0.29) is 12.2 Å². The Morgan fingerprint density at radius 1 is 1.40 bits per heavy atom. The molecule has 0 bridgehead atoms. The van der Waals surface area contributed by atoms with Crippen LogP contribution in [0.2, 0.25) is 0 Å². The molecule has 0 aliphatic carbocycles. The van der Waals surface area contributed by atoms with E-state index in [1.807, 2.05) is 13.8 Å². The molecule has 0 amide bonds. The molecular formula is C9H16N2O3S. The van der Waals surface area contributed by atoms with E-state index in [4.69, 9.17) is 14.6 Å². The molecule has 0 aliphatic heterocycles. The van der Waals surface area contributed by atoms with E-state index < -0.39 is 0 Å². The zero-order valence-electron chi connectivity index (χ0n) is 9.19. The molecule has 6 heteroatoms. The SMILES string of the molecule is COC(C)(C)CCOc1nnc(CO)s1. The van der Waals surface area contributed by atoms with Crippen LogP contribution in [0.3, 0.4) is 0 Å². The summed E-state index contributed by atoms with van der Waals surface area (Å²) >= 11 is 1.26. The second kappa shape index (κ2) is 5.39. The lowest BCUT2D eigenvalue weighted by Gasteiger charge is -2.21. The van der Waals surface area contributed by atoms with Crippen molar-refractivity contribution in [2.75, 3.05) is 13.7 Å². The van der Waals surface area contributed by atoms with Crippen LogP contribution in [0.25, 0.3) is 0 Å². The van der Waals surface area contributed by atoms with Gasteiger partial charge in [0.2, 0.25) is 0 Å². The Kier molecular flexibility index (Phi) is 4.44. The molecule has 1 heterocycles. The molecule has 1 aromatic rings. The summed E-state index contributed by atoms with van der Waals surface area (Å²) < 4.78 is 10.6. The first kappa shape index (κ1) is 12.4. The van der Waals surface area contributed by atoms with Gasteiger partial charge in [0.1, 0.15) is 5.01 Å². The van der Waals surface area contributed by atoms with Crippen molar-refractivity contribution in [2.45, 2.75) is 32.5 Å². The number of aromatic nitrogens is 2. The highest BCUT2D eigenvalue weighted by Gasteiger charge is 2.16. The molecule has 15 heavy (non-hydrogen) atoms. The Morgan fingerprint density at radius 2 is 2.13 bits per heavy atom. The fourth-order valence-electron chi connectivity index (χ4n) is 0.847. The van der Waals surface area contributed by atoms with Crippen molar-refractivity contribution in [3.05, 3.63) is 5.01 Å². The molecule has 86 valence electrons. The van der Waals surface area contributed by atoms with E-state index >= 15 is 0 Å². The highest BCUT2D eigenvalue weighted by molar-refractivity contribution is 7.13. The maximum atomic E-state index is 8.78. The molecule has 5 nitrogen and oxygen atoms in total. The maximum Gasteiger partial charge on any atom is 0.294 e. The van der Waals surface area contributed by atoms with E-state index in [9.17, 15) is 0 Å². The van der Waals surface area contributed by atoms with Crippen molar-refractivity contribution in [2.24, 2.45) is 0 Å². The lowest BCUT2D eigenvalue weighted by Crippen LogP contribution is -2.25. The number of rotatable bonds is 6. The molecule has 0 atom stereocenters. The van der Waals surface area contributed by atoms with Gasteiger partial charge in [0.15, 0.2) is 0 Å². The number of aliphatic hydroxyl groups is 1. The summed E-state index contributed by atoms with van der Waals surface area (Å²) in [6.45, 7) is 4.43. The van der Waals surface area contributed by atoms with Gasteiger partial charge in [-0.25, -0.2) is 0 Å². The number of nitrogens with zero attached hydrogens (tertiary/aromatic N) is 2. The van der Waals surface area contributed by atoms with E-state index in [0.717, 1.165) is 6.42 Å². The van der Waals surface area contributed by atoms with E-state index in [2.05, 4.69) is 10.2 Å². The lowest BCUT2D eigenvalue weighted by atomic mass is 10.1. The first-order valence-electron chi connectivity index (χ1n) is 4.68. The van der Waals surface area contributed by atoms with E-state index in [1.54, 1.807) is 7.11 Å². The fourth-order valence-corrected chi connectivity index (χ4v) is 1.42. The summed E-state index contributed by atoms with van der Waals surface area (Å²) in [5, 5.41) is 17.3. The van der Waals surface area contributed by atoms with Gasteiger partial charge in [-0.05, 0) is 13.8 Å². The smallest absolute Gasteiger partial charge is 0.294 e. The van der Waals surface area contributed by atoms with Crippen molar-refractivity contribution in [1.82, 2.24) is 10.2 Å². The van der Waals surface area contributed by atoms with Crippen molar-refractivity contribution in [1.29, 1.82) is 0 Å². The van der Waals surface area contributed by atoms with Gasteiger partial charge < -0.3 is 14.6 Å². The number of methoxy groups -OCH3 is 1. The minimum Gasteiger partial charge on any atom is -0.469 e. The third-order valence-corrected chi connectivity index (χ3v) is 2.89. The number of hydrogen-bond acceptors (Lipinski definition) is 6. The minimum atomic E-state index is -0.190. The van der Waals surface area contributed by atoms with Gasteiger partial charge in [0.05, 0.1) is 18.8 Å². The molecule has 0 aromatic carbocycles. The Hall–Kier alpha value is -0.720. The van der Waals surface area contributed by atoms with Crippen LogP contribution in [0.1, 0.15) is 25.3 Å². The van der Waals surface area contributed by atoms with Gasteiger partial charge in [-0.2, -0.15) is 0 Å².